The van der Waals surface area contributed by atoms with Crippen molar-refractivity contribution in [1.82, 2.24) is 10.2 Å². The average Bonchev–Trinajstić information content (AvgIpc) is 2.39. The SMILES string of the molecule is CC(Sc1nnco1)C(N)=O. The Balaban J connectivity index is 2.50. The van der Waals surface area contributed by atoms with Crippen molar-refractivity contribution in [2.75, 3.05) is 0 Å². The second kappa shape index (κ2) is 3.38. The van der Waals surface area contributed by atoms with Crippen LogP contribution >= 0.6 is 11.8 Å². The predicted molar refractivity (Wildman–Crippen MR) is 38.8 cm³/mol. The van der Waals surface area contributed by atoms with Crippen LogP contribution in [0.2, 0.25) is 0 Å². The van der Waals surface area contributed by atoms with Gasteiger partial charge in [-0.05, 0) is 6.92 Å². The molecule has 1 aromatic heterocycles. The summed E-state index contributed by atoms with van der Waals surface area (Å²) in [5, 5.41) is 7.04. The number of thioether (sulfide) groups is 1. The van der Waals surface area contributed by atoms with Gasteiger partial charge < -0.3 is 10.2 Å². The zero-order valence-electron chi connectivity index (χ0n) is 5.85. The van der Waals surface area contributed by atoms with E-state index in [0.717, 1.165) is 11.8 Å². The van der Waals surface area contributed by atoms with E-state index in [0.29, 0.717) is 5.22 Å². The molecule has 0 fully saturated rings. The zero-order valence-corrected chi connectivity index (χ0v) is 6.67. The lowest BCUT2D eigenvalue weighted by atomic mass is 10.5. The van der Waals surface area contributed by atoms with Crippen LogP contribution in [-0.4, -0.2) is 21.4 Å². The minimum Gasteiger partial charge on any atom is -0.419 e. The molecule has 1 atom stereocenters. The van der Waals surface area contributed by atoms with Gasteiger partial charge in [0.05, 0.1) is 5.25 Å². The average molecular weight is 173 g/mol. The van der Waals surface area contributed by atoms with Crippen molar-refractivity contribution in [2.45, 2.75) is 17.4 Å². The summed E-state index contributed by atoms with van der Waals surface area (Å²) in [4.78, 5) is 10.5. The van der Waals surface area contributed by atoms with E-state index in [2.05, 4.69) is 10.2 Å². The number of carbonyl (C=O) groups excluding carboxylic acids is 1. The summed E-state index contributed by atoms with van der Waals surface area (Å²) < 4.78 is 4.79. The first-order valence-corrected chi connectivity index (χ1v) is 3.80. The van der Waals surface area contributed by atoms with Crippen molar-refractivity contribution in [3.8, 4) is 0 Å². The third kappa shape index (κ3) is 2.23. The Morgan fingerprint density at radius 2 is 2.64 bits per heavy atom. The van der Waals surface area contributed by atoms with Crippen molar-refractivity contribution in [2.24, 2.45) is 5.73 Å². The van der Waals surface area contributed by atoms with Gasteiger partial charge in [-0.1, -0.05) is 11.8 Å². The fourth-order valence-corrected chi connectivity index (χ4v) is 1.04. The highest BCUT2D eigenvalue weighted by Gasteiger charge is 2.12. The van der Waals surface area contributed by atoms with Gasteiger partial charge in [0.1, 0.15) is 0 Å². The summed E-state index contributed by atoms with van der Waals surface area (Å²) in [7, 11) is 0. The van der Waals surface area contributed by atoms with Crippen molar-refractivity contribution in [3.63, 3.8) is 0 Å². The standard InChI is InChI=1S/C5H7N3O2S/c1-3(4(6)9)11-5-8-7-2-10-5/h2-3H,1H3,(H2,6,9). The summed E-state index contributed by atoms with van der Waals surface area (Å²) in [6.07, 6.45) is 1.20. The molecule has 5 nitrogen and oxygen atoms in total. The van der Waals surface area contributed by atoms with E-state index >= 15 is 0 Å². The third-order valence-corrected chi connectivity index (χ3v) is 1.98. The second-order valence-corrected chi connectivity index (χ2v) is 3.16. The Kier molecular flexibility index (Phi) is 2.48. The molecule has 0 bridgehead atoms. The fraction of sp³-hybridized carbons (Fsp3) is 0.400. The maximum absolute atomic E-state index is 10.5. The van der Waals surface area contributed by atoms with Crippen LogP contribution in [0.5, 0.6) is 0 Å². The van der Waals surface area contributed by atoms with Gasteiger partial charge in [0.2, 0.25) is 12.3 Å². The second-order valence-electron chi connectivity index (χ2n) is 1.87. The van der Waals surface area contributed by atoms with Gasteiger partial charge in [0, 0.05) is 0 Å². The van der Waals surface area contributed by atoms with Crippen LogP contribution in [0.1, 0.15) is 6.92 Å². The van der Waals surface area contributed by atoms with Gasteiger partial charge in [-0.15, -0.1) is 10.2 Å². The molecular weight excluding hydrogens is 166 g/mol. The van der Waals surface area contributed by atoms with E-state index in [1.807, 2.05) is 0 Å². The number of nitrogens with two attached hydrogens (primary N) is 1. The van der Waals surface area contributed by atoms with Crippen molar-refractivity contribution in [3.05, 3.63) is 6.39 Å². The van der Waals surface area contributed by atoms with Gasteiger partial charge in [-0.25, -0.2) is 0 Å². The van der Waals surface area contributed by atoms with E-state index in [-0.39, 0.29) is 5.25 Å². The van der Waals surface area contributed by atoms with E-state index in [4.69, 9.17) is 10.2 Å². The first-order chi connectivity index (χ1) is 5.20. The van der Waals surface area contributed by atoms with Gasteiger partial charge in [0.25, 0.3) is 5.22 Å². The van der Waals surface area contributed by atoms with Crippen molar-refractivity contribution < 1.29 is 9.21 Å². The highest BCUT2D eigenvalue weighted by molar-refractivity contribution is 8.00. The molecule has 60 valence electrons. The van der Waals surface area contributed by atoms with Crippen molar-refractivity contribution in [1.29, 1.82) is 0 Å². The molecule has 0 aromatic carbocycles. The topological polar surface area (TPSA) is 82.0 Å². The van der Waals surface area contributed by atoms with Crippen LogP contribution in [0, 0.1) is 0 Å². The summed E-state index contributed by atoms with van der Waals surface area (Å²) in [6.45, 7) is 1.68. The van der Waals surface area contributed by atoms with Crippen LogP contribution in [0.4, 0.5) is 0 Å². The maximum atomic E-state index is 10.5. The van der Waals surface area contributed by atoms with Crippen LogP contribution in [0.15, 0.2) is 16.0 Å². The van der Waals surface area contributed by atoms with Gasteiger partial charge in [0.15, 0.2) is 0 Å². The van der Waals surface area contributed by atoms with E-state index in [1.54, 1.807) is 6.92 Å². The molecular formula is C5H7N3O2S. The molecule has 0 aliphatic heterocycles. The van der Waals surface area contributed by atoms with Crippen LogP contribution in [0.25, 0.3) is 0 Å². The lowest BCUT2D eigenvalue weighted by molar-refractivity contribution is -0.117. The minimum absolute atomic E-state index is 0.338. The molecule has 1 unspecified atom stereocenters. The summed E-state index contributed by atoms with van der Waals surface area (Å²) in [5.41, 5.74) is 5.00. The lowest BCUT2D eigenvalue weighted by Crippen LogP contribution is -2.22. The molecule has 2 N–H and O–H groups in total. The Bertz CT molecular complexity index is 236. The fourth-order valence-electron chi connectivity index (χ4n) is 0.424. The highest BCUT2D eigenvalue weighted by Crippen LogP contribution is 2.19. The zero-order chi connectivity index (χ0) is 8.27. The van der Waals surface area contributed by atoms with Crippen molar-refractivity contribution >= 4 is 17.7 Å². The maximum Gasteiger partial charge on any atom is 0.277 e. The molecule has 11 heavy (non-hydrogen) atoms. The third-order valence-electron chi connectivity index (χ3n) is 1.02. The molecule has 0 radical (unpaired) electrons. The number of nitrogens with zero attached hydrogens (tertiary/aromatic N) is 2. The van der Waals surface area contributed by atoms with E-state index in [1.165, 1.54) is 6.39 Å². The van der Waals surface area contributed by atoms with E-state index < -0.39 is 5.91 Å². The van der Waals surface area contributed by atoms with Gasteiger partial charge in [-0.3, -0.25) is 4.79 Å². The van der Waals surface area contributed by atoms with Crippen LogP contribution in [0.3, 0.4) is 0 Å². The summed E-state index contributed by atoms with van der Waals surface area (Å²) >= 11 is 1.14. The Morgan fingerprint density at radius 3 is 3.09 bits per heavy atom. The smallest absolute Gasteiger partial charge is 0.277 e. The Hall–Kier alpha value is -1.04. The molecule has 0 aliphatic carbocycles. The predicted octanol–water partition coefficient (Wildman–Crippen LogP) is 0.0355. The molecule has 0 saturated heterocycles. The van der Waals surface area contributed by atoms with Gasteiger partial charge in [-0.2, -0.15) is 0 Å². The van der Waals surface area contributed by atoms with Crippen LogP contribution < -0.4 is 5.73 Å². The largest absolute Gasteiger partial charge is 0.419 e. The first kappa shape index (κ1) is 8.06. The number of carbonyl (C=O) groups is 1. The molecule has 0 aliphatic rings. The Morgan fingerprint density at radius 1 is 1.91 bits per heavy atom. The van der Waals surface area contributed by atoms with Crippen LogP contribution in [-0.2, 0) is 4.79 Å². The number of hydrogen-bond acceptors (Lipinski definition) is 5. The molecule has 0 spiro atoms. The minimum atomic E-state index is -0.395. The monoisotopic (exact) mass is 173 g/mol. The summed E-state index contributed by atoms with van der Waals surface area (Å²) in [5.74, 6) is -0.395. The normalized spacial score (nSPS) is 12.8. The quantitative estimate of drug-likeness (QED) is 0.652. The highest BCUT2D eigenvalue weighted by atomic mass is 32.2. The molecule has 6 heteroatoms. The molecule has 1 rings (SSSR count). The molecule has 1 amide bonds. The van der Waals surface area contributed by atoms with E-state index in [9.17, 15) is 4.79 Å². The summed E-state index contributed by atoms with van der Waals surface area (Å²) in [6, 6.07) is 0. The van der Waals surface area contributed by atoms with Gasteiger partial charge >= 0.3 is 0 Å². The number of aromatic nitrogens is 2. The number of primary amides is 1. The first-order valence-electron chi connectivity index (χ1n) is 2.92. The number of amides is 1. The number of rotatable bonds is 3. The lowest BCUT2D eigenvalue weighted by Gasteiger charge is -2.00. The Labute approximate surface area is 67.4 Å². The molecule has 1 aromatic rings. The number of hydrogen-bond donors (Lipinski definition) is 1. The molecule has 1 heterocycles. The molecule has 0 saturated carbocycles.